The van der Waals surface area contributed by atoms with Gasteiger partial charge in [-0.3, -0.25) is 0 Å². The molecule has 0 saturated carbocycles. The van der Waals surface area contributed by atoms with Crippen LogP contribution < -0.4 is 0 Å². The molecule has 0 amide bonds. The Bertz CT molecular complexity index is 618. The van der Waals surface area contributed by atoms with Crippen LogP contribution in [0.1, 0.15) is 11.5 Å². The number of rotatable bonds is 1. The minimum absolute atomic E-state index is 0.0382. The van der Waals surface area contributed by atoms with Gasteiger partial charge >= 0.3 is 0 Å². The number of aryl methyl sites for hydroxylation is 1. The fourth-order valence-corrected chi connectivity index (χ4v) is 1.45. The summed E-state index contributed by atoms with van der Waals surface area (Å²) in [5.41, 5.74) is 0.968. The van der Waals surface area contributed by atoms with Gasteiger partial charge in [0.2, 0.25) is 5.82 Å². The van der Waals surface area contributed by atoms with E-state index in [0.29, 0.717) is 5.69 Å². The lowest BCUT2D eigenvalue weighted by molar-refractivity contribution is 0.585. The molecule has 0 aliphatic heterocycles. The zero-order chi connectivity index (χ0) is 12.4. The Morgan fingerprint density at radius 3 is 2.59 bits per heavy atom. The number of nitrogens with zero attached hydrogens (tertiary/aromatic N) is 3. The van der Waals surface area contributed by atoms with Crippen LogP contribution in [0.4, 0.5) is 8.78 Å². The summed E-state index contributed by atoms with van der Waals surface area (Å²) < 4.78 is 26.3. The minimum Gasteiger partial charge on any atom is -0.224 e. The first-order valence-corrected chi connectivity index (χ1v) is 4.81. The average molecular weight is 231 g/mol. The molecule has 2 rings (SSSR count). The van der Waals surface area contributed by atoms with Crippen molar-refractivity contribution >= 4 is 0 Å². The number of aromatic nitrogens is 2. The average Bonchev–Trinajstić information content (AvgIpc) is 2.28. The fraction of sp³-hybridized carbons (Fsp3) is 0.0833. The van der Waals surface area contributed by atoms with E-state index in [1.807, 2.05) is 0 Å². The van der Waals surface area contributed by atoms with Crippen LogP contribution in [0.3, 0.4) is 0 Å². The monoisotopic (exact) mass is 231 g/mol. The smallest absolute Gasteiger partial charge is 0.224 e. The normalized spacial score (nSPS) is 10.0. The molecule has 3 nitrogen and oxygen atoms in total. The van der Waals surface area contributed by atoms with E-state index >= 15 is 0 Å². The summed E-state index contributed by atoms with van der Waals surface area (Å²) in [6.07, 6.45) is 0. The number of halogens is 2. The van der Waals surface area contributed by atoms with Crippen LogP contribution in [-0.2, 0) is 0 Å². The second-order valence-electron chi connectivity index (χ2n) is 3.45. The van der Waals surface area contributed by atoms with E-state index in [-0.39, 0.29) is 17.1 Å². The zero-order valence-corrected chi connectivity index (χ0v) is 8.91. The highest BCUT2D eigenvalue weighted by Gasteiger charge is 2.09. The van der Waals surface area contributed by atoms with Crippen molar-refractivity contribution in [2.45, 2.75) is 6.92 Å². The van der Waals surface area contributed by atoms with Gasteiger partial charge in [-0.2, -0.15) is 5.26 Å². The summed E-state index contributed by atoms with van der Waals surface area (Å²) >= 11 is 0. The van der Waals surface area contributed by atoms with Crippen molar-refractivity contribution in [2.75, 3.05) is 0 Å². The third-order valence-electron chi connectivity index (χ3n) is 2.16. The second kappa shape index (κ2) is 4.26. The second-order valence-corrected chi connectivity index (χ2v) is 3.45. The number of benzene rings is 1. The van der Waals surface area contributed by atoms with Crippen LogP contribution in [0, 0.1) is 29.9 Å². The van der Waals surface area contributed by atoms with Crippen LogP contribution in [0.2, 0.25) is 0 Å². The molecule has 0 N–H and O–H groups in total. The maximum absolute atomic E-state index is 13.5. The van der Waals surface area contributed by atoms with Crippen LogP contribution in [0.25, 0.3) is 11.3 Å². The zero-order valence-electron chi connectivity index (χ0n) is 8.91. The molecule has 0 fully saturated rings. The van der Waals surface area contributed by atoms with Crippen LogP contribution in [-0.4, -0.2) is 9.97 Å². The molecule has 0 atom stereocenters. The molecule has 0 aliphatic carbocycles. The summed E-state index contributed by atoms with van der Waals surface area (Å²) in [7, 11) is 0. The van der Waals surface area contributed by atoms with E-state index in [1.54, 1.807) is 13.0 Å². The maximum atomic E-state index is 13.5. The summed E-state index contributed by atoms with van der Waals surface area (Å²) in [4.78, 5) is 7.73. The Labute approximate surface area is 96.4 Å². The number of hydrogen-bond acceptors (Lipinski definition) is 3. The van der Waals surface area contributed by atoms with Gasteiger partial charge in [-0.05, 0) is 25.1 Å². The van der Waals surface area contributed by atoms with Crippen molar-refractivity contribution in [2.24, 2.45) is 0 Å². The Kier molecular flexibility index (Phi) is 2.79. The molecular formula is C12H7F2N3. The molecule has 0 saturated heterocycles. The van der Waals surface area contributed by atoms with Gasteiger partial charge in [0.1, 0.15) is 17.7 Å². The van der Waals surface area contributed by atoms with Crippen molar-refractivity contribution in [3.8, 4) is 17.3 Å². The van der Waals surface area contributed by atoms with Gasteiger partial charge in [0.25, 0.3) is 0 Å². The van der Waals surface area contributed by atoms with Crippen molar-refractivity contribution in [3.05, 3.63) is 47.4 Å². The predicted molar refractivity (Wildman–Crippen MR) is 56.8 cm³/mol. The Morgan fingerprint density at radius 1 is 1.18 bits per heavy atom. The lowest BCUT2D eigenvalue weighted by Gasteiger charge is -2.04. The molecule has 0 spiro atoms. The first kappa shape index (κ1) is 11.1. The van der Waals surface area contributed by atoms with E-state index in [9.17, 15) is 8.78 Å². The minimum atomic E-state index is -0.716. The Morgan fingerprint density at radius 2 is 1.94 bits per heavy atom. The summed E-state index contributed by atoms with van der Waals surface area (Å²) in [5, 5.41) is 8.72. The fourth-order valence-electron chi connectivity index (χ4n) is 1.45. The molecule has 1 heterocycles. The van der Waals surface area contributed by atoms with Crippen LogP contribution >= 0.6 is 0 Å². The van der Waals surface area contributed by atoms with Crippen LogP contribution in [0.5, 0.6) is 0 Å². The summed E-state index contributed by atoms with van der Waals surface area (Å²) in [5.74, 6) is -1.41. The molecule has 1 aromatic heterocycles. The van der Waals surface area contributed by atoms with Gasteiger partial charge in [-0.1, -0.05) is 0 Å². The molecule has 17 heavy (non-hydrogen) atoms. The highest BCUT2D eigenvalue weighted by molar-refractivity contribution is 5.60. The molecule has 0 bridgehead atoms. The largest absolute Gasteiger partial charge is 0.232 e. The van der Waals surface area contributed by atoms with E-state index < -0.39 is 11.6 Å². The first-order chi connectivity index (χ1) is 8.10. The van der Waals surface area contributed by atoms with E-state index in [2.05, 4.69) is 9.97 Å². The van der Waals surface area contributed by atoms with Crippen molar-refractivity contribution in [1.82, 2.24) is 9.97 Å². The predicted octanol–water partition coefficient (Wildman–Crippen LogP) is 2.60. The van der Waals surface area contributed by atoms with Crippen molar-refractivity contribution < 1.29 is 8.78 Å². The summed E-state index contributed by atoms with van der Waals surface area (Å²) in [6.45, 7) is 1.67. The van der Waals surface area contributed by atoms with Gasteiger partial charge in [0, 0.05) is 17.3 Å². The van der Waals surface area contributed by atoms with Crippen molar-refractivity contribution in [3.63, 3.8) is 0 Å². The number of nitriles is 1. The lowest BCUT2D eigenvalue weighted by atomic mass is 10.1. The molecule has 1 aromatic carbocycles. The van der Waals surface area contributed by atoms with Crippen molar-refractivity contribution in [1.29, 1.82) is 5.26 Å². The van der Waals surface area contributed by atoms with E-state index in [4.69, 9.17) is 5.26 Å². The van der Waals surface area contributed by atoms with Gasteiger partial charge in [0.05, 0.1) is 5.69 Å². The third kappa shape index (κ3) is 2.26. The van der Waals surface area contributed by atoms with Gasteiger partial charge in [-0.15, -0.1) is 0 Å². The van der Waals surface area contributed by atoms with Gasteiger partial charge < -0.3 is 0 Å². The molecular weight excluding hydrogens is 224 g/mol. The highest BCUT2D eigenvalue weighted by Crippen LogP contribution is 2.22. The molecule has 84 valence electrons. The van der Waals surface area contributed by atoms with Gasteiger partial charge in [-0.25, -0.2) is 18.7 Å². The number of hydrogen-bond donors (Lipinski definition) is 0. The molecule has 2 aromatic rings. The third-order valence-corrected chi connectivity index (χ3v) is 2.16. The molecule has 5 heteroatoms. The molecule has 0 unspecified atom stereocenters. The van der Waals surface area contributed by atoms with E-state index in [1.165, 1.54) is 12.1 Å². The lowest BCUT2D eigenvalue weighted by Crippen LogP contribution is -1.96. The van der Waals surface area contributed by atoms with E-state index in [0.717, 1.165) is 12.1 Å². The standard InChI is InChI=1S/C12H7F2N3/c1-7-4-11(17-12(6-15)16-7)9-3-2-8(13)5-10(9)14/h2-5H,1H3. The van der Waals surface area contributed by atoms with Crippen LogP contribution in [0.15, 0.2) is 24.3 Å². The highest BCUT2D eigenvalue weighted by atomic mass is 19.1. The quantitative estimate of drug-likeness (QED) is 0.757. The Balaban J connectivity index is 2.61. The molecule has 0 aliphatic rings. The molecule has 0 radical (unpaired) electrons. The SMILES string of the molecule is Cc1cc(-c2ccc(F)cc2F)nc(C#N)n1. The summed E-state index contributed by atoms with van der Waals surface area (Å²) in [6, 6.07) is 6.53. The Hall–Kier alpha value is -2.35. The topological polar surface area (TPSA) is 49.6 Å². The first-order valence-electron chi connectivity index (χ1n) is 4.81. The van der Waals surface area contributed by atoms with Gasteiger partial charge in [0.15, 0.2) is 0 Å². The maximum Gasteiger partial charge on any atom is 0.232 e.